The van der Waals surface area contributed by atoms with E-state index in [4.69, 9.17) is 12.2 Å². The molecular weight excluding hydrogens is 270 g/mol. The SMILES string of the molecule is O=C1CCCN1CCCNC(=S)NC1CCCCCC1. The summed E-state index contributed by atoms with van der Waals surface area (Å²) < 4.78 is 0. The molecular formula is C15H27N3OS. The van der Waals surface area contributed by atoms with E-state index in [1.54, 1.807) is 0 Å². The minimum Gasteiger partial charge on any atom is -0.363 e. The van der Waals surface area contributed by atoms with Gasteiger partial charge in [0.15, 0.2) is 5.11 Å². The van der Waals surface area contributed by atoms with E-state index in [0.717, 1.165) is 44.0 Å². The topological polar surface area (TPSA) is 44.4 Å². The molecule has 114 valence electrons. The monoisotopic (exact) mass is 297 g/mol. The van der Waals surface area contributed by atoms with E-state index >= 15 is 0 Å². The molecule has 1 heterocycles. The molecule has 0 bridgehead atoms. The molecule has 1 aliphatic heterocycles. The molecule has 2 N–H and O–H groups in total. The van der Waals surface area contributed by atoms with Gasteiger partial charge in [0, 0.05) is 32.1 Å². The number of thiocarbonyl (C=S) groups is 1. The summed E-state index contributed by atoms with van der Waals surface area (Å²) in [7, 11) is 0. The van der Waals surface area contributed by atoms with Crippen molar-refractivity contribution in [2.45, 2.75) is 63.8 Å². The fourth-order valence-corrected chi connectivity index (χ4v) is 3.34. The van der Waals surface area contributed by atoms with E-state index in [1.807, 2.05) is 4.90 Å². The fraction of sp³-hybridized carbons (Fsp3) is 0.867. The number of likely N-dealkylation sites (tertiary alicyclic amines) is 1. The van der Waals surface area contributed by atoms with Crippen molar-refractivity contribution in [2.24, 2.45) is 0 Å². The van der Waals surface area contributed by atoms with Crippen LogP contribution in [-0.2, 0) is 4.79 Å². The van der Waals surface area contributed by atoms with Crippen LogP contribution in [0.2, 0.25) is 0 Å². The Balaban J connectivity index is 1.54. The molecule has 1 aliphatic carbocycles. The smallest absolute Gasteiger partial charge is 0.222 e. The Kier molecular flexibility index (Phi) is 6.57. The first-order chi connectivity index (χ1) is 9.75. The van der Waals surface area contributed by atoms with Crippen molar-refractivity contribution in [1.82, 2.24) is 15.5 Å². The van der Waals surface area contributed by atoms with Crippen molar-refractivity contribution in [3.8, 4) is 0 Å². The van der Waals surface area contributed by atoms with Crippen molar-refractivity contribution >= 4 is 23.2 Å². The van der Waals surface area contributed by atoms with E-state index in [-0.39, 0.29) is 0 Å². The Bertz CT molecular complexity index is 327. The van der Waals surface area contributed by atoms with Crippen LogP contribution >= 0.6 is 12.2 Å². The van der Waals surface area contributed by atoms with Crippen molar-refractivity contribution in [2.75, 3.05) is 19.6 Å². The highest BCUT2D eigenvalue weighted by Gasteiger charge is 2.19. The molecule has 0 atom stereocenters. The van der Waals surface area contributed by atoms with Crippen LogP contribution in [0.15, 0.2) is 0 Å². The molecule has 0 aromatic rings. The predicted octanol–water partition coefficient (Wildman–Crippen LogP) is 2.19. The molecule has 0 unspecified atom stereocenters. The molecule has 1 saturated carbocycles. The van der Waals surface area contributed by atoms with E-state index in [9.17, 15) is 4.79 Å². The molecule has 2 fully saturated rings. The molecule has 1 amide bonds. The fourth-order valence-electron chi connectivity index (χ4n) is 3.07. The molecule has 0 aromatic carbocycles. The normalized spacial score (nSPS) is 20.8. The van der Waals surface area contributed by atoms with Gasteiger partial charge in [0.1, 0.15) is 0 Å². The van der Waals surface area contributed by atoms with Gasteiger partial charge in [-0.15, -0.1) is 0 Å². The standard InChI is InChI=1S/C15H27N3OS/c19-14-9-5-11-18(14)12-6-10-16-15(20)17-13-7-3-1-2-4-8-13/h13H,1-12H2,(H2,16,17,20). The van der Waals surface area contributed by atoms with E-state index in [2.05, 4.69) is 10.6 Å². The minimum absolute atomic E-state index is 0.309. The third kappa shape index (κ3) is 5.27. The van der Waals surface area contributed by atoms with Crippen LogP contribution in [0.4, 0.5) is 0 Å². The summed E-state index contributed by atoms with van der Waals surface area (Å²) in [5.41, 5.74) is 0. The number of hydrogen-bond acceptors (Lipinski definition) is 2. The van der Waals surface area contributed by atoms with Crippen LogP contribution in [0, 0.1) is 0 Å². The summed E-state index contributed by atoms with van der Waals surface area (Å²) in [6.07, 6.45) is 10.6. The molecule has 5 heteroatoms. The van der Waals surface area contributed by atoms with Gasteiger partial charge in [-0.2, -0.15) is 0 Å². The second-order valence-corrected chi connectivity index (χ2v) is 6.33. The van der Waals surface area contributed by atoms with Crippen LogP contribution in [-0.4, -0.2) is 41.6 Å². The first kappa shape index (κ1) is 15.5. The van der Waals surface area contributed by atoms with Gasteiger partial charge in [-0.1, -0.05) is 25.7 Å². The van der Waals surface area contributed by atoms with Crippen LogP contribution in [0.1, 0.15) is 57.8 Å². The molecule has 0 aromatic heterocycles. The number of rotatable bonds is 5. The predicted molar refractivity (Wildman–Crippen MR) is 85.7 cm³/mol. The molecule has 2 rings (SSSR count). The Hall–Kier alpha value is -0.840. The minimum atomic E-state index is 0.309. The first-order valence-electron chi connectivity index (χ1n) is 8.08. The van der Waals surface area contributed by atoms with Crippen molar-refractivity contribution in [1.29, 1.82) is 0 Å². The lowest BCUT2D eigenvalue weighted by Gasteiger charge is -2.20. The Morgan fingerprint density at radius 3 is 2.60 bits per heavy atom. The Morgan fingerprint density at radius 1 is 1.20 bits per heavy atom. The quantitative estimate of drug-likeness (QED) is 0.464. The third-order valence-electron chi connectivity index (χ3n) is 4.25. The zero-order valence-corrected chi connectivity index (χ0v) is 13.1. The maximum atomic E-state index is 11.5. The van der Waals surface area contributed by atoms with E-state index in [1.165, 1.54) is 38.5 Å². The zero-order chi connectivity index (χ0) is 14.2. The van der Waals surface area contributed by atoms with Crippen LogP contribution < -0.4 is 10.6 Å². The second kappa shape index (κ2) is 8.45. The molecule has 20 heavy (non-hydrogen) atoms. The summed E-state index contributed by atoms with van der Waals surface area (Å²) in [5.74, 6) is 0.309. The lowest BCUT2D eigenvalue weighted by atomic mass is 10.1. The number of nitrogens with zero attached hydrogens (tertiary/aromatic N) is 1. The molecule has 1 saturated heterocycles. The van der Waals surface area contributed by atoms with Gasteiger partial charge in [-0.3, -0.25) is 4.79 Å². The average Bonchev–Trinajstić information content (AvgIpc) is 2.68. The van der Waals surface area contributed by atoms with Crippen LogP contribution in [0.25, 0.3) is 0 Å². The number of hydrogen-bond donors (Lipinski definition) is 2. The van der Waals surface area contributed by atoms with Gasteiger partial charge in [-0.25, -0.2) is 0 Å². The highest BCUT2D eigenvalue weighted by atomic mass is 32.1. The van der Waals surface area contributed by atoms with Gasteiger partial charge in [0.25, 0.3) is 0 Å². The number of amides is 1. The largest absolute Gasteiger partial charge is 0.363 e. The Labute approximate surface area is 127 Å². The van der Waals surface area contributed by atoms with Gasteiger partial charge in [-0.05, 0) is 37.9 Å². The van der Waals surface area contributed by atoms with Gasteiger partial charge < -0.3 is 15.5 Å². The summed E-state index contributed by atoms with van der Waals surface area (Å²) in [4.78, 5) is 13.4. The number of carbonyl (C=O) groups is 1. The average molecular weight is 297 g/mol. The van der Waals surface area contributed by atoms with E-state index in [0.29, 0.717) is 11.9 Å². The van der Waals surface area contributed by atoms with Crippen molar-refractivity contribution in [3.05, 3.63) is 0 Å². The third-order valence-corrected chi connectivity index (χ3v) is 4.51. The molecule has 4 nitrogen and oxygen atoms in total. The lowest BCUT2D eigenvalue weighted by molar-refractivity contribution is -0.127. The summed E-state index contributed by atoms with van der Waals surface area (Å²) in [6.45, 7) is 2.64. The number of carbonyl (C=O) groups excluding carboxylic acids is 1. The molecule has 0 spiro atoms. The van der Waals surface area contributed by atoms with Crippen molar-refractivity contribution in [3.63, 3.8) is 0 Å². The van der Waals surface area contributed by atoms with Gasteiger partial charge in [0.05, 0.1) is 0 Å². The molecule has 0 radical (unpaired) electrons. The van der Waals surface area contributed by atoms with Gasteiger partial charge >= 0.3 is 0 Å². The van der Waals surface area contributed by atoms with Crippen LogP contribution in [0.5, 0.6) is 0 Å². The van der Waals surface area contributed by atoms with Crippen LogP contribution in [0.3, 0.4) is 0 Å². The Morgan fingerprint density at radius 2 is 1.95 bits per heavy atom. The maximum Gasteiger partial charge on any atom is 0.222 e. The lowest BCUT2D eigenvalue weighted by Crippen LogP contribution is -2.42. The summed E-state index contributed by atoms with van der Waals surface area (Å²) in [5, 5.41) is 7.49. The van der Waals surface area contributed by atoms with E-state index < -0.39 is 0 Å². The summed E-state index contributed by atoms with van der Waals surface area (Å²) in [6, 6.07) is 0.553. The number of nitrogens with one attached hydrogen (secondary N) is 2. The maximum absolute atomic E-state index is 11.5. The first-order valence-corrected chi connectivity index (χ1v) is 8.48. The molecule has 2 aliphatic rings. The highest BCUT2D eigenvalue weighted by molar-refractivity contribution is 7.80. The second-order valence-electron chi connectivity index (χ2n) is 5.93. The van der Waals surface area contributed by atoms with Gasteiger partial charge in [0.2, 0.25) is 5.91 Å². The summed E-state index contributed by atoms with van der Waals surface area (Å²) >= 11 is 5.35. The zero-order valence-electron chi connectivity index (χ0n) is 12.3. The van der Waals surface area contributed by atoms with Crippen molar-refractivity contribution < 1.29 is 4.79 Å². The highest BCUT2D eigenvalue weighted by Crippen LogP contribution is 2.17.